The number of allylic oxidation sites excluding steroid dienone is 1. The van der Waals surface area contributed by atoms with Gasteiger partial charge in [-0.1, -0.05) is 0 Å². The van der Waals surface area contributed by atoms with Crippen LogP contribution in [0.5, 0.6) is 5.75 Å². The van der Waals surface area contributed by atoms with Crippen molar-refractivity contribution in [3.63, 3.8) is 0 Å². The molecule has 0 saturated carbocycles. The first kappa shape index (κ1) is 21.3. The summed E-state index contributed by atoms with van der Waals surface area (Å²) >= 11 is 0. The second-order valence-electron chi connectivity index (χ2n) is 6.75. The van der Waals surface area contributed by atoms with E-state index in [9.17, 15) is 25.5 Å². The van der Waals surface area contributed by atoms with Crippen LogP contribution in [-0.2, 0) is 0 Å². The second kappa shape index (κ2) is 8.51. The fourth-order valence-electron chi connectivity index (χ4n) is 3.37. The molecule has 0 aliphatic carbocycles. The molecule has 0 spiro atoms. The zero-order chi connectivity index (χ0) is 22.7. The Labute approximate surface area is 177 Å². The lowest BCUT2D eigenvalue weighted by molar-refractivity contribution is -0.385. The molecule has 156 valence electrons. The summed E-state index contributed by atoms with van der Waals surface area (Å²) in [5.41, 5.74) is 3.84. The van der Waals surface area contributed by atoms with Gasteiger partial charge in [0, 0.05) is 29.6 Å². The van der Waals surface area contributed by atoms with E-state index in [1.54, 1.807) is 12.1 Å². The maximum absolute atomic E-state index is 11.1. The Balaban J connectivity index is 2.08. The molecule has 0 unspecified atom stereocenters. The molecule has 1 heterocycles. The summed E-state index contributed by atoms with van der Waals surface area (Å²) in [7, 11) is 1.44. The van der Waals surface area contributed by atoms with E-state index in [4.69, 9.17) is 4.74 Å². The van der Waals surface area contributed by atoms with Crippen molar-refractivity contribution in [2.45, 2.75) is 13.8 Å². The Morgan fingerprint density at radius 1 is 1.03 bits per heavy atom. The summed E-state index contributed by atoms with van der Waals surface area (Å²) in [4.78, 5) is 20.9. The Kier molecular flexibility index (Phi) is 5.83. The van der Waals surface area contributed by atoms with Gasteiger partial charge in [0.2, 0.25) is 0 Å². The van der Waals surface area contributed by atoms with Crippen molar-refractivity contribution in [1.29, 1.82) is 5.26 Å². The maximum atomic E-state index is 11.1. The van der Waals surface area contributed by atoms with Gasteiger partial charge in [-0.3, -0.25) is 20.2 Å². The van der Waals surface area contributed by atoms with Gasteiger partial charge >= 0.3 is 0 Å². The van der Waals surface area contributed by atoms with Crippen LogP contribution in [0, 0.1) is 45.4 Å². The van der Waals surface area contributed by atoms with Crippen LogP contribution in [0.4, 0.5) is 11.4 Å². The van der Waals surface area contributed by atoms with Gasteiger partial charge in [-0.15, -0.1) is 0 Å². The molecule has 9 nitrogen and oxygen atoms in total. The fourth-order valence-corrected chi connectivity index (χ4v) is 3.37. The zero-order valence-corrected chi connectivity index (χ0v) is 17.0. The summed E-state index contributed by atoms with van der Waals surface area (Å²) in [6, 6.07) is 14.2. The molecule has 0 aliphatic rings. The van der Waals surface area contributed by atoms with Gasteiger partial charge in [0.25, 0.3) is 11.4 Å². The summed E-state index contributed by atoms with van der Waals surface area (Å²) in [6.45, 7) is 3.74. The number of nitro benzene ring substituents is 2. The Morgan fingerprint density at radius 2 is 1.65 bits per heavy atom. The van der Waals surface area contributed by atoms with Gasteiger partial charge < -0.3 is 9.30 Å². The molecule has 31 heavy (non-hydrogen) atoms. The number of benzene rings is 2. The van der Waals surface area contributed by atoms with Crippen LogP contribution < -0.4 is 4.74 Å². The number of nitrogens with zero attached hydrogens (tertiary/aromatic N) is 4. The number of ether oxygens (including phenoxy) is 1. The van der Waals surface area contributed by atoms with E-state index in [0.717, 1.165) is 17.0 Å². The first-order valence-electron chi connectivity index (χ1n) is 9.15. The standard InChI is InChI=1S/C22H18N4O5/c1-14-10-17(11-18(13-23)16-4-6-19(7-5-16)25(27)28)15(2)24(14)21-9-8-20(26(29)30)12-22(21)31-3/h4-12H,1-3H3/b18-11-. The quantitative estimate of drug-likeness (QED) is 0.316. The number of aryl methyl sites for hydroxylation is 1. The molecule has 0 amide bonds. The normalized spacial score (nSPS) is 11.1. The molecule has 0 atom stereocenters. The van der Waals surface area contributed by atoms with Crippen molar-refractivity contribution >= 4 is 23.0 Å². The number of nitriles is 1. The molecule has 9 heteroatoms. The minimum atomic E-state index is -0.495. The SMILES string of the molecule is COc1cc([N+](=O)[O-])ccc1-n1c(C)cc(/C=C(/C#N)c2ccc([N+](=O)[O-])cc2)c1C. The van der Waals surface area contributed by atoms with E-state index in [0.29, 0.717) is 22.6 Å². The summed E-state index contributed by atoms with van der Waals surface area (Å²) < 4.78 is 7.25. The third-order valence-electron chi connectivity index (χ3n) is 4.89. The van der Waals surface area contributed by atoms with Crippen LogP contribution in [-0.4, -0.2) is 21.5 Å². The van der Waals surface area contributed by atoms with Crippen molar-refractivity contribution in [2.24, 2.45) is 0 Å². The summed E-state index contributed by atoms with van der Waals surface area (Å²) in [5.74, 6) is 0.349. The smallest absolute Gasteiger partial charge is 0.273 e. The molecule has 0 radical (unpaired) electrons. The van der Waals surface area contributed by atoms with E-state index < -0.39 is 9.85 Å². The molecule has 0 saturated heterocycles. The van der Waals surface area contributed by atoms with Crippen molar-refractivity contribution in [3.8, 4) is 17.5 Å². The highest BCUT2D eigenvalue weighted by molar-refractivity contribution is 5.90. The zero-order valence-electron chi connectivity index (χ0n) is 17.0. The van der Waals surface area contributed by atoms with Gasteiger partial charge in [-0.25, -0.2) is 0 Å². The van der Waals surface area contributed by atoms with E-state index in [2.05, 4.69) is 6.07 Å². The predicted octanol–water partition coefficient (Wildman–Crippen LogP) is 4.98. The Morgan fingerprint density at radius 3 is 2.19 bits per heavy atom. The second-order valence-corrected chi connectivity index (χ2v) is 6.75. The van der Waals surface area contributed by atoms with Crippen molar-refractivity contribution in [3.05, 3.63) is 91.3 Å². The molecular weight excluding hydrogens is 400 g/mol. The minimum absolute atomic E-state index is 0.0514. The topological polar surface area (TPSA) is 124 Å². The number of nitro groups is 2. The first-order chi connectivity index (χ1) is 14.8. The molecular formula is C22H18N4O5. The van der Waals surface area contributed by atoms with Crippen LogP contribution in [0.25, 0.3) is 17.3 Å². The lowest BCUT2D eigenvalue weighted by Crippen LogP contribution is -2.03. The third kappa shape index (κ3) is 4.13. The highest BCUT2D eigenvalue weighted by atomic mass is 16.6. The number of hydrogen-bond acceptors (Lipinski definition) is 6. The van der Waals surface area contributed by atoms with Crippen molar-refractivity contribution < 1.29 is 14.6 Å². The number of methoxy groups -OCH3 is 1. The summed E-state index contributed by atoms with van der Waals surface area (Å²) in [5, 5.41) is 31.5. The molecule has 0 bridgehead atoms. The van der Waals surface area contributed by atoms with E-state index in [1.165, 1.54) is 43.5 Å². The average Bonchev–Trinajstić information content (AvgIpc) is 3.04. The van der Waals surface area contributed by atoms with E-state index in [-0.39, 0.29) is 11.4 Å². The monoisotopic (exact) mass is 418 g/mol. The number of non-ortho nitro benzene ring substituents is 2. The molecule has 3 aromatic rings. The molecule has 2 aromatic carbocycles. The van der Waals surface area contributed by atoms with Crippen molar-refractivity contribution in [2.75, 3.05) is 7.11 Å². The van der Waals surface area contributed by atoms with Crippen LogP contribution in [0.2, 0.25) is 0 Å². The largest absolute Gasteiger partial charge is 0.494 e. The average molecular weight is 418 g/mol. The Bertz CT molecular complexity index is 1250. The van der Waals surface area contributed by atoms with Gasteiger partial charge in [-0.2, -0.15) is 5.26 Å². The third-order valence-corrected chi connectivity index (χ3v) is 4.89. The maximum Gasteiger partial charge on any atom is 0.273 e. The van der Waals surface area contributed by atoms with E-state index in [1.807, 2.05) is 24.5 Å². The molecule has 1 aromatic heterocycles. The predicted molar refractivity (Wildman–Crippen MR) is 115 cm³/mol. The highest BCUT2D eigenvalue weighted by Crippen LogP contribution is 2.32. The van der Waals surface area contributed by atoms with Crippen LogP contribution >= 0.6 is 0 Å². The molecule has 0 fully saturated rings. The van der Waals surface area contributed by atoms with E-state index >= 15 is 0 Å². The van der Waals surface area contributed by atoms with Crippen LogP contribution in [0.1, 0.15) is 22.5 Å². The first-order valence-corrected chi connectivity index (χ1v) is 9.15. The highest BCUT2D eigenvalue weighted by Gasteiger charge is 2.17. The fraction of sp³-hybridized carbons (Fsp3) is 0.136. The molecule has 0 N–H and O–H groups in total. The van der Waals surface area contributed by atoms with Crippen molar-refractivity contribution in [1.82, 2.24) is 4.57 Å². The van der Waals surface area contributed by atoms with Crippen LogP contribution in [0.15, 0.2) is 48.5 Å². The molecule has 3 rings (SSSR count). The van der Waals surface area contributed by atoms with Gasteiger partial charge in [0.15, 0.2) is 0 Å². The number of rotatable bonds is 6. The number of aromatic nitrogens is 1. The molecule has 0 aliphatic heterocycles. The Hall–Kier alpha value is -4.45. The number of hydrogen-bond donors (Lipinski definition) is 0. The summed E-state index contributed by atoms with van der Waals surface area (Å²) in [6.07, 6.45) is 1.71. The van der Waals surface area contributed by atoms with Gasteiger partial charge in [0.1, 0.15) is 5.75 Å². The van der Waals surface area contributed by atoms with Gasteiger partial charge in [0.05, 0.1) is 40.4 Å². The van der Waals surface area contributed by atoms with Crippen LogP contribution in [0.3, 0.4) is 0 Å². The minimum Gasteiger partial charge on any atom is -0.494 e. The lowest BCUT2D eigenvalue weighted by atomic mass is 10.0. The lowest BCUT2D eigenvalue weighted by Gasteiger charge is -2.13. The van der Waals surface area contributed by atoms with Gasteiger partial charge in [-0.05, 0) is 55.3 Å².